The molecule has 0 N–H and O–H groups in total. The van der Waals surface area contributed by atoms with Crippen LogP contribution in [-0.4, -0.2) is 30.1 Å². The first-order chi connectivity index (χ1) is 11.3. The quantitative estimate of drug-likeness (QED) is 0.514. The zero-order valence-electron chi connectivity index (χ0n) is 12.3. The predicted octanol–water partition coefficient (Wildman–Crippen LogP) is 5.61. The molecule has 0 aliphatic carbocycles. The van der Waals surface area contributed by atoms with Crippen LogP contribution in [-0.2, 0) is 0 Å². The van der Waals surface area contributed by atoms with E-state index in [0.29, 0.717) is 0 Å². The lowest BCUT2D eigenvalue weighted by Gasteiger charge is -2.34. The summed E-state index contributed by atoms with van der Waals surface area (Å²) in [6.07, 6.45) is -19.7. The van der Waals surface area contributed by atoms with Gasteiger partial charge in [0.05, 0.1) is 12.1 Å². The highest BCUT2D eigenvalue weighted by molar-refractivity contribution is 5.14. The standard InChI is InChI=1S/C12H8F12N2/c13-8(14,10(18,19)11(20,21)12(22,23)24)3-1-7(5-25,6-26)2-4-9(15,16)17/h1-4H2. The number of hydrogen-bond acceptors (Lipinski definition) is 2. The molecule has 0 spiro atoms. The molecule has 2 nitrogen and oxygen atoms in total. The van der Waals surface area contributed by atoms with E-state index in [-0.39, 0.29) is 0 Å². The van der Waals surface area contributed by atoms with Crippen molar-refractivity contribution < 1.29 is 52.7 Å². The van der Waals surface area contributed by atoms with Gasteiger partial charge >= 0.3 is 30.1 Å². The summed E-state index contributed by atoms with van der Waals surface area (Å²) in [5.74, 6) is -20.2. The van der Waals surface area contributed by atoms with Crippen molar-refractivity contribution in [1.29, 1.82) is 10.5 Å². The maximum absolute atomic E-state index is 13.3. The summed E-state index contributed by atoms with van der Waals surface area (Å²) >= 11 is 0. The van der Waals surface area contributed by atoms with E-state index in [1.165, 1.54) is 0 Å². The van der Waals surface area contributed by atoms with Crippen LogP contribution in [0.25, 0.3) is 0 Å². The van der Waals surface area contributed by atoms with Crippen LogP contribution in [0, 0.1) is 28.1 Å². The molecule has 14 heteroatoms. The average Bonchev–Trinajstić information content (AvgIpc) is 2.45. The van der Waals surface area contributed by atoms with Gasteiger partial charge in [0.1, 0.15) is 5.41 Å². The SMILES string of the molecule is N#CC(C#N)(CCC(F)(F)F)CCC(F)(F)C(F)(F)C(F)(F)C(F)(F)F. The Labute approximate surface area is 138 Å². The minimum Gasteiger partial charge on any atom is -0.200 e. The number of hydrogen-bond donors (Lipinski definition) is 0. The Bertz CT molecular complexity index is 561. The first-order valence-corrected chi connectivity index (χ1v) is 6.38. The van der Waals surface area contributed by atoms with Gasteiger partial charge < -0.3 is 0 Å². The van der Waals surface area contributed by atoms with Crippen LogP contribution in [0.1, 0.15) is 25.7 Å². The lowest BCUT2D eigenvalue weighted by molar-refractivity contribution is -0.397. The predicted molar refractivity (Wildman–Crippen MR) is 59.1 cm³/mol. The van der Waals surface area contributed by atoms with E-state index < -0.39 is 61.2 Å². The van der Waals surface area contributed by atoms with E-state index in [4.69, 9.17) is 10.5 Å². The van der Waals surface area contributed by atoms with Gasteiger partial charge in [-0.05, 0) is 12.8 Å². The van der Waals surface area contributed by atoms with Crippen LogP contribution in [0.5, 0.6) is 0 Å². The molecule has 0 aromatic carbocycles. The Morgan fingerprint density at radius 2 is 0.923 bits per heavy atom. The molecular formula is C12H8F12N2. The average molecular weight is 408 g/mol. The number of nitriles is 2. The van der Waals surface area contributed by atoms with Crippen LogP contribution in [0.2, 0.25) is 0 Å². The number of alkyl halides is 12. The van der Waals surface area contributed by atoms with Gasteiger partial charge in [-0.15, -0.1) is 0 Å². The van der Waals surface area contributed by atoms with Crippen molar-refractivity contribution in [1.82, 2.24) is 0 Å². The largest absolute Gasteiger partial charge is 0.460 e. The molecule has 0 unspecified atom stereocenters. The molecule has 26 heavy (non-hydrogen) atoms. The molecule has 150 valence electrons. The minimum atomic E-state index is -7.16. The number of nitrogens with zero attached hydrogens (tertiary/aromatic N) is 2. The van der Waals surface area contributed by atoms with Gasteiger partial charge in [0.2, 0.25) is 0 Å². The molecule has 0 saturated heterocycles. The first-order valence-electron chi connectivity index (χ1n) is 6.38. The third-order valence-corrected chi connectivity index (χ3v) is 3.34. The molecule has 0 aromatic rings. The lowest BCUT2D eigenvalue weighted by atomic mass is 9.80. The maximum Gasteiger partial charge on any atom is 0.460 e. The van der Waals surface area contributed by atoms with Gasteiger partial charge in [0, 0.05) is 12.8 Å². The Morgan fingerprint density at radius 1 is 0.538 bits per heavy atom. The highest BCUT2D eigenvalue weighted by Gasteiger charge is 2.81. The zero-order valence-corrected chi connectivity index (χ0v) is 12.3. The van der Waals surface area contributed by atoms with Gasteiger partial charge in [-0.1, -0.05) is 0 Å². The number of rotatable bonds is 7. The second-order valence-electron chi connectivity index (χ2n) is 5.27. The van der Waals surface area contributed by atoms with E-state index in [0.717, 1.165) is 12.1 Å². The normalized spacial score (nSPS) is 14.7. The minimum absolute atomic E-state index is 0.882. The Kier molecular flexibility index (Phi) is 6.54. The molecule has 0 rings (SSSR count). The Balaban J connectivity index is 5.54. The summed E-state index contributed by atoms with van der Waals surface area (Å²) in [5.41, 5.74) is -2.93. The van der Waals surface area contributed by atoms with E-state index in [9.17, 15) is 52.7 Å². The fraction of sp³-hybridized carbons (Fsp3) is 0.833. The van der Waals surface area contributed by atoms with Gasteiger partial charge in [0.15, 0.2) is 0 Å². The molecule has 0 aromatic heterocycles. The fourth-order valence-corrected chi connectivity index (χ4v) is 1.66. The van der Waals surface area contributed by atoms with Crippen molar-refractivity contribution in [2.45, 2.75) is 55.8 Å². The summed E-state index contributed by atoms with van der Waals surface area (Å²) in [5, 5.41) is 17.3. The van der Waals surface area contributed by atoms with Gasteiger partial charge in [-0.25, -0.2) is 0 Å². The van der Waals surface area contributed by atoms with E-state index in [1.807, 2.05) is 0 Å². The van der Waals surface area contributed by atoms with Crippen molar-refractivity contribution in [3.63, 3.8) is 0 Å². The van der Waals surface area contributed by atoms with Crippen LogP contribution < -0.4 is 0 Å². The van der Waals surface area contributed by atoms with Crippen LogP contribution >= 0.6 is 0 Å². The molecule has 0 radical (unpaired) electrons. The highest BCUT2D eigenvalue weighted by Crippen LogP contribution is 2.55. The summed E-state index contributed by atoms with van der Waals surface area (Å²) < 4.78 is 150. The molecule has 0 bridgehead atoms. The summed E-state index contributed by atoms with van der Waals surface area (Å²) in [4.78, 5) is 0. The van der Waals surface area contributed by atoms with Crippen molar-refractivity contribution in [3.8, 4) is 12.1 Å². The van der Waals surface area contributed by atoms with Gasteiger partial charge in [-0.3, -0.25) is 0 Å². The zero-order chi connectivity index (χ0) is 21.2. The monoisotopic (exact) mass is 408 g/mol. The lowest BCUT2D eigenvalue weighted by Crippen LogP contribution is -2.60. The molecule has 0 atom stereocenters. The topological polar surface area (TPSA) is 47.6 Å². The highest BCUT2D eigenvalue weighted by atomic mass is 19.4. The van der Waals surface area contributed by atoms with E-state index in [2.05, 4.69) is 0 Å². The molecule has 0 saturated carbocycles. The molecule has 0 amide bonds. The van der Waals surface area contributed by atoms with Crippen LogP contribution in [0.4, 0.5) is 52.7 Å². The van der Waals surface area contributed by atoms with Crippen molar-refractivity contribution in [3.05, 3.63) is 0 Å². The maximum atomic E-state index is 13.3. The summed E-state index contributed by atoms with van der Waals surface area (Å²) in [7, 11) is 0. The molecular weight excluding hydrogens is 400 g/mol. The molecule has 0 fully saturated rings. The van der Waals surface area contributed by atoms with Crippen LogP contribution in [0.15, 0.2) is 0 Å². The molecule has 0 aliphatic rings. The number of halogens is 12. The molecule has 0 heterocycles. The van der Waals surface area contributed by atoms with Gasteiger partial charge in [0.25, 0.3) is 0 Å². The fourth-order valence-electron chi connectivity index (χ4n) is 1.66. The third-order valence-electron chi connectivity index (χ3n) is 3.34. The smallest absolute Gasteiger partial charge is 0.200 e. The van der Waals surface area contributed by atoms with Crippen LogP contribution in [0.3, 0.4) is 0 Å². The van der Waals surface area contributed by atoms with Crippen molar-refractivity contribution >= 4 is 0 Å². The van der Waals surface area contributed by atoms with E-state index >= 15 is 0 Å². The second-order valence-corrected chi connectivity index (χ2v) is 5.27. The summed E-state index contributed by atoms with van der Waals surface area (Å²) in [6, 6.07) is 1.76. The Hall–Kier alpha value is -1.86. The van der Waals surface area contributed by atoms with Crippen molar-refractivity contribution in [2.24, 2.45) is 5.41 Å². The van der Waals surface area contributed by atoms with E-state index in [1.54, 1.807) is 0 Å². The summed E-state index contributed by atoms with van der Waals surface area (Å²) in [6.45, 7) is 0. The second kappa shape index (κ2) is 7.04. The van der Waals surface area contributed by atoms with Gasteiger partial charge in [-0.2, -0.15) is 63.2 Å². The first kappa shape index (κ1) is 24.1. The van der Waals surface area contributed by atoms with Crippen molar-refractivity contribution in [2.75, 3.05) is 0 Å². The third kappa shape index (κ3) is 4.86. The Morgan fingerprint density at radius 3 is 1.23 bits per heavy atom. The molecule has 0 aliphatic heterocycles.